The van der Waals surface area contributed by atoms with E-state index in [4.69, 9.17) is 91.4 Å². The lowest BCUT2D eigenvalue weighted by atomic mass is 9.91. The topological polar surface area (TPSA) is 95.9 Å². The number of carbonyl (C=O) groups is 2. The third-order valence-corrected chi connectivity index (χ3v) is 11.6. The minimum atomic E-state index is -0.415. The van der Waals surface area contributed by atoms with Gasteiger partial charge in [0.1, 0.15) is 6.04 Å². The molecule has 59 heavy (non-hydrogen) atoms. The highest BCUT2D eigenvalue weighted by Gasteiger charge is 2.43. The SMILES string of the molecule is CCOC(=O)N1CCN(c2ccc(Cl)cc2Cl)[C@@H](c2ccc(Cl)cc2)[C@H]1CCN.[B].[C-]#[N+]C[C@@H]1[C@H](c2ccc(Cl)cc2)N(c2ccc(Cl)cc2Cl)CCN1C(=O)OCC. The van der Waals surface area contributed by atoms with Crippen LogP contribution in [0.25, 0.3) is 4.85 Å². The third-order valence-electron chi connectivity index (χ3n) is 9.97. The Morgan fingerprint density at radius 3 is 1.41 bits per heavy atom. The van der Waals surface area contributed by atoms with Crippen LogP contribution in [0.2, 0.25) is 30.1 Å². The molecule has 3 radical (unpaired) electrons. The van der Waals surface area contributed by atoms with Gasteiger partial charge in [0.15, 0.2) is 0 Å². The van der Waals surface area contributed by atoms with E-state index in [0.717, 1.165) is 22.5 Å². The Kier molecular flexibility index (Phi) is 18.5. The molecule has 6 rings (SSSR count). The molecular weight excluding hydrogens is 876 g/mol. The number of halogens is 6. The fourth-order valence-electron chi connectivity index (χ4n) is 7.53. The van der Waals surface area contributed by atoms with Crippen molar-refractivity contribution in [3.05, 3.63) is 138 Å². The van der Waals surface area contributed by atoms with Gasteiger partial charge in [0, 0.05) is 54.7 Å². The maximum Gasteiger partial charge on any atom is 0.410 e. The Balaban J connectivity index is 0.000000256. The molecule has 0 aromatic heterocycles. The largest absolute Gasteiger partial charge is 0.450 e. The first kappa shape index (κ1) is 47.9. The molecule has 0 spiro atoms. The Labute approximate surface area is 378 Å². The van der Waals surface area contributed by atoms with Crippen LogP contribution >= 0.6 is 69.6 Å². The second kappa shape index (κ2) is 22.8. The summed E-state index contributed by atoms with van der Waals surface area (Å²) < 4.78 is 10.5. The molecule has 2 amide bonds. The first-order chi connectivity index (χ1) is 27.9. The van der Waals surface area contributed by atoms with Gasteiger partial charge in [-0.05, 0) is 98.6 Å². The molecule has 311 valence electrons. The van der Waals surface area contributed by atoms with E-state index in [-0.39, 0.29) is 45.8 Å². The minimum Gasteiger partial charge on any atom is -0.450 e. The zero-order valence-electron chi connectivity index (χ0n) is 32.5. The van der Waals surface area contributed by atoms with Gasteiger partial charge in [-0.25, -0.2) is 16.2 Å². The summed E-state index contributed by atoms with van der Waals surface area (Å²) in [6, 6.07) is 24.8. The highest BCUT2D eigenvalue weighted by Crippen LogP contribution is 2.42. The van der Waals surface area contributed by atoms with Gasteiger partial charge in [-0.3, -0.25) is 4.90 Å². The Morgan fingerprint density at radius 2 is 1.03 bits per heavy atom. The zero-order valence-corrected chi connectivity index (χ0v) is 37.1. The number of piperazine rings is 2. The van der Waals surface area contributed by atoms with E-state index in [2.05, 4.69) is 14.6 Å². The molecule has 2 fully saturated rings. The number of hydrogen-bond donors (Lipinski definition) is 1. The number of rotatable bonds is 9. The van der Waals surface area contributed by atoms with Crippen molar-refractivity contribution in [2.24, 2.45) is 5.73 Å². The summed E-state index contributed by atoms with van der Waals surface area (Å²) in [5, 5.41) is 3.47. The van der Waals surface area contributed by atoms with Crippen LogP contribution in [0.1, 0.15) is 43.5 Å². The Bertz CT molecular complexity index is 2060. The molecule has 0 saturated carbocycles. The number of ether oxygens (including phenoxy) is 2. The van der Waals surface area contributed by atoms with Gasteiger partial charge in [-0.2, -0.15) is 0 Å². The van der Waals surface area contributed by atoms with Gasteiger partial charge in [0.05, 0.1) is 52.8 Å². The van der Waals surface area contributed by atoms with Crippen molar-refractivity contribution in [3.63, 3.8) is 0 Å². The normalized spacial score (nSPS) is 18.8. The molecule has 4 aromatic rings. The van der Waals surface area contributed by atoms with Crippen molar-refractivity contribution in [2.45, 2.75) is 44.4 Å². The molecule has 2 N–H and O–H groups in total. The van der Waals surface area contributed by atoms with E-state index in [1.807, 2.05) is 54.6 Å². The second-order valence-corrected chi connectivity index (χ2v) is 16.0. The molecule has 4 aromatic carbocycles. The first-order valence-electron chi connectivity index (χ1n) is 18.8. The number of hydrogen-bond acceptors (Lipinski definition) is 7. The van der Waals surface area contributed by atoms with E-state index in [1.165, 1.54) is 0 Å². The molecule has 2 aliphatic rings. The lowest BCUT2D eigenvalue weighted by Gasteiger charge is -2.48. The van der Waals surface area contributed by atoms with Crippen molar-refractivity contribution < 1.29 is 19.1 Å². The van der Waals surface area contributed by atoms with Gasteiger partial charge >= 0.3 is 12.2 Å². The first-order valence-corrected chi connectivity index (χ1v) is 21.0. The monoisotopic (exact) mass is 917 g/mol. The average Bonchev–Trinajstić information content (AvgIpc) is 3.19. The van der Waals surface area contributed by atoms with E-state index in [9.17, 15) is 9.59 Å². The molecule has 2 heterocycles. The summed E-state index contributed by atoms with van der Waals surface area (Å²) in [5.41, 5.74) is 9.55. The predicted octanol–water partition coefficient (Wildman–Crippen LogP) is 11.0. The van der Waals surface area contributed by atoms with Crippen LogP contribution in [0.4, 0.5) is 21.0 Å². The number of anilines is 2. The number of benzene rings is 4. The summed E-state index contributed by atoms with van der Waals surface area (Å²) in [6.45, 7) is 14.2. The third kappa shape index (κ3) is 11.8. The van der Waals surface area contributed by atoms with Crippen LogP contribution in [0.3, 0.4) is 0 Å². The Hall–Kier alpha value is -3.73. The van der Waals surface area contributed by atoms with E-state index >= 15 is 0 Å². The van der Waals surface area contributed by atoms with Crippen LogP contribution in [0.15, 0.2) is 84.9 Å². The molecule has 0 unspecified atom stereocenters. The maximum atomic E-state index is 12.6. The van der Waals surface area contributed by atoms with E-state index in [1.54, 1.807) is 54.0 Å². The number of carbonyl (C=O) groups excluding carboxylic acids is 2. The van der Waals surface area contributed by atoms with Crippen molar-refractivity contribution in [1.29, 1.82) is 0 Å². The molecule has 2 saturated heterocycles. The number of nitrogens with two attached hydrogens (primary N) is 1. The van der Waals surface area contributed by atoms with Gasteiger partial charge in [-0.1, -0.05) is 93.9 Å². The van der Waals surface area contributed by atoms with Crippen LogP contribution in [0, 0.1) is 6.57 Å². The maximum absolute atomic E-state index is 12.6. The minimum absolute atomic E-state index is 0. The highest BCUT2D eigenvalue weighted by molar-refractivity contribution is 6.37. The molecule has 0 bridgehead atoms. The second-order valence-electron chi connectivity index (χ2n) is 13.4. The lowest BCUT2D eigenvalue weighted by molar-refractivity contribution is 0.0722. The van der Waals surface area contributed by atoms with Crippen LogP contribution in [0.5, 0.6) is 0 Å². The number of nitrogens with zero attached hydrogens (tertiary/aromatic N) is 5. The molecule has 2 aliphatic heterocycles. The van der Waals surface area contributed by atoms with E-state index in [0.29, 0.717) is 75.9 Å². The highest BCUT2D eigenvalue weighted by atomic mass is 35.5. The van der Waals surface area contributed by atoms with Crippen molar-refractivity contribution >= 4 is 102 Å². The summed E-state index contributed by atoms with van der Waals surface area (Å²) in [7, 11) is 0. The molecule has 4 atom stereocenters. The molecule has 17 heteroatoms. The smallest absolute Gasteiger partial charge is 0.410 e. The van der Waals surface area contributed by atoms with Crippen molar-refractivity contribution in [2.75, 3.05) is 62.3 Å². The van der Waals surface area contributed by atoms with Crippen LogP contribution < -0.4 is 15.5 Å². The standard InChI is InChI=1S/C21H20Cl3N3O2.C21H24Cl3N3O2.B/c1-3-29-21(28)27-11-10-26(18-9-8-16(23)12-17(18)24)20(19(27)13-25-2)14-4-6-15(22)7-5-14;1-2-29-21(28)27-12-11-26(18-8-7-16(23)13-17(18)24)20(19(27)9-10-25)14-3-5-15(22)6-4-14;/h4-9,12,19-20H,3,10-11,13H2,1H3;3-8,13,19-20H,2,9-12,25H2,1H3;/t2*19-,20+;/m11./s1. The van der Waals surface area contributed by atoms with Crippen LogP contribution in [-0.4, -0.2) is 95.0 Å². The van der Waals surface area contributed by atoms with Gasteiger partial charge in [-0.15, -0.1) is 0 Å². The average molecular weight is 920 g/mol. The number of amides is 2. The lowest BCUT2D eigenvalue weighted by Crippen LogP contribution is -2.58. The summed E-state index contributed by atoms with van der Waals surface area (Å²) in [4.78, 5) is 36.6. The quantitative estimate of drug-likeness (QED) is 0.132. The summed E-state index contributed by atoms with van der Waals surface area (Å²) in [6.07, 6.45) is -0.123. The zero-order chi connectivity index (χ0) is 41.9. The van der Waals surface area contributed by atoms with Crippen LogP contribution in [-0.2, 0) is 9.47 Å². The van der Waals surface area contributed by atoms with Gasteiger partial charge in [0.2, 0.25) is 6.54 Å². The van der Waals surface area contributed by atoms with Crippen molar-refractivity contribution in [1.82, 2.24) is 9.80 Å². The molecule has 0 aliphatic carbocycles. The van der Waals surface area contributed by atoms with Crippen molar-refractivity contribution in [3.8, 4) is 0 Å². The predicted molar refractivity (Wildman–Crippen MR) is 242 cm³/mol. The fraction of sp³-hybridized carbons (Fsp3) is 0.357. The van der Waals surface area contributed by atoms with Gasteiger partial charge < -0.3 is 34.8 Å². The fourth-order valence-corrected chi connectivity index (χ4v) is 8.82. The molecular formula is C42H44BCl6N6O4. The molecule has 10 nitrogen and oxygen atoms in total. The van der Waals surface area contributed by atoms with E-state index < -0.39 is 12.1 Å². The summed E-state index contributed by atoms with van der Waals surface area (Å²) in [5.74, 6) is 0. The van der Waals surface area contributed by atoms with Gasteiger partial charge in [0.25, 0.3) is 0 Å². The Morgan fingerprint density at radius 1 is 0.644 bits per heavy atom. The summed E-state index contributed by atoms with van der Waals surface area (Å²) >= 11 is 37.4.